The maximum Gasteiger partial charge on any atom is 0.253 e. The topological polar surface area (TPSA) is 93.8 Å². The Bertz CT molecular complexity index is 1360. The molecule has 1 amide bonds. The van der Waals surface area contributed by atoms with Gasteiger partial charge in [-0.2, -0.15) is 0 Å². The number of amides is 1. The molecule has 3 N–H and O–H groups in total. The molecule has 0 aliphatic carbocycles. The number of benzene rings is 3. The highest BCUT2D eigenvalue weighted by molar-refractivity contribution is 6.00. The van der Waals surface area contributed by atoms with Crippen LogP contribution in [0.5, 0.6) is 23.0 Å². The number of methoxy groups -OCH3 is 4. The van der Waals surface area contributed by atoms with E-state index >= 15 is 0 Å². The van der Waals surface area contributed by atoms with Gasteiger partial charge in [-0.15, -0.1) is 0 Å². The van der Waals surface area contributed by atoms with Gasteiger partial charge < -0.3 is 34.6 Å². The number of carbonyl (C=O) groups excluding carboxylic acids is 1. The summed E-state index contributed by atoms with van der Waals surface area (Å²) in [4.78, 5) is 16.3. The molecular formula is C27H28FN3O5. The molecule has 8 nitrogen and oxygen atoms in total. The van der Waals surface area contributed by atoms with Gasteiger partial charge in [0, 0.05) is 41.5 Å². The number of ether oxygens (including phenoxy) is 4. The van der Waals surface area contributed by atoms with Crippen molar-refractivity contribution in [2.75, 3.05) is 40.3 Å². The number of hydrogen-bond acceptors (Lipinski definition) is 6. The number of carbonyl (C=O) groups is 1. The highest BCUT2D eigenvalue weighted by atomic mass is 19.1. The molecule has 1 heterocycles. The third-order valence-electron chi connectivity index (χ3n) is 5.82. The number of nitrogens with one attached hydrogen (secondary N) is 3. The highest BCUT2D eigenvalue weighted by Gasteiger charge is 2.17. The largest absolute Gasteiger partial charge is 0.496 e. The number of aromatic amines is 1. The first-order valence-corrected chi connectivity index (χ1v) is 11.3. The minimum Gasteiger partial charge on any atom is -0.496 e. The van der Waals surface area contributed by atoms with Gasteiger partial charge in [-0.05, 0) is 42.3 Å². The molecular weight excluding hydrogens is 465 g/mol. The first-order chi connectivity index (χ1) is 17.5. The summed E-state index contributed by atoms with van der Waals surface area (Å²) >= 11 is 0. The third-order valence-corrected chi connectivity index (χ3v) is 5.82. The van der Waals surface area contributed by atoms with Gasteiger partial charge in [-0.3, -0.25) is 4.79 Å². The van der Waals surface area contributed by atoms with Crippen molar-refractivity contribution >= 4 is 28.2 Å². The molecule has 36 heavy (non-hydrogen) atoms. The Morgan fingerprint density at radius 2 is 1.64 bits per heavy atom. The van der Waals surface area contributed by atoms with E-state index in [2.05, 4.69) is 15.6 Å². The van der Waals surface area contributed by atoms with Crippen LogP contribution in [0.4, 0.5) is 15.8 Å². The molecule has 0 unspecified atom stereocenters. The standard InChI is InChI=1S/C27H28FN3O5/c1-33-22-7-5-6-20-25(22)16(15-30-20)10-11-29-27(32)19-9-8-17(28)12-21(19)31-18-13-23(34-2)26(36-4)24(14-18)35-3/h5-9,12-15,30-31H,10-11H2,1-4H3,(H,29,32). The smallest absolute Gasteiger partial charge is 0.253 e. The maximum absolute atomic E-state index is 14.1. The third kappa shape index (κ3) is 5.00. The van der Waals surface area contributed by atoms with Crippen LogP contribution in [-0.2, 0) is 6.42 Å². The molecule has 4 rings (SSSR count). The summed E-state index contributed by atoms with van der Waals surface area (Å²) in [7, 11) is 6.15. The van der Waals surface area contributed by atoms with Gasteiger partial charge in [0.2, 0.25) is 5.75 Å². The zero-order valence-corrected chi connectivity index (χ0v) is 20.5. The van der Waals surface area contributed by atoms with Crippen LogP contribution in [0, 0.1) is 5.82 Å². The first kappa shape index (κ1) is 24.7. The van der Waals surface area contributed by atoms with Gasteiger partial charge in [0.25, 0.3) is 5.91 Å². The van der Waals surface area contributed by atoms with Crippen LogP contribution in [0.1, 0.15) is 15.9 Å². The summed E-state index contributed by atoms with van der Waals surface area (Å²) in [6.45, 7) is 0.380. The molecule has 0 fully saturated rings. The Hall–Kier alpha value is -4.40. The quantitative estimate of drug-likeness (QED) is 0.286. The maximum atomic E-state index is 14.1. The minimum absolute atomic E-state index is 0.293. The molecule has 1 aromatic heterocycles. The summed E-state index contributed by atoms with van der Waals surface area (Å²) in [5.74, 6) is 1.23. The van der Waals surface area contributed by atoms with Crippen molar-refractivity contribution in [1.29, 1.82) is 0 Å². The molecule has 0 atom stereocenters. The molecule has 0 radical (unpaired) electrons. The van der Waals surface area contributed by atoms with E-state index in [9.17, 15) is 9.18 Å². The van der Waals surface area contributed by atoms with E-state index in [1.54, 1.807) is 19.2 Å². The zero-order chi connectivity index (χ0) is 25.7. The summed E-state index contributed by atoms with van der Waals surface area (Å²) < 4.78 is 35.7. The fourth-order valence-electron chi connectivity index (χ4n) is 4.12. The Morgan fingerprint density at radius 1 is 0.917 bits per heavy atom. The number of anilines is 2. The van der Waals surface area contributed by atoms with Crippen molar-refractivity contribution in [2.24, 2.45) is 0 Å². The summed E-state index contributed by atoms with van der Waals surface area (Å²) in [5, 5.41) is 7.01. The van der Waals surface area contributed by atoms with Crippen LogP contribution < -0.4 is 29.6 Å². The van der Waals surface area contributed by atoms with Crippen molar-refractivity contribution in [3.63, 3.8) is 0 Å². The second-order valence-electron chi connectivity index (χ2n) is 7.93. The van der Waals surface area contributed by atoms with Crippen LogP contribution >= 0.6 is 0 Å². The van der Waals surface area contributed by atoms with Crippen molar-refractivity contribution in [1.82, 2.24) is 10.3 Å². The van der Waals surface area contributed by atoms with Crippen molar-refractivity contribution < 1.29 is 28.1 Å². The van der Waals surface area contributed by atoms with Crippen LogP contribution in [0.15, 0.2) is 54.7 Å². The summed E-state index contributed by atoms with van der Waals surface area (Å²) in [6.07, 6.45) is 2.50. The SMILES string of the molecule is COc1cc(Nc2cc(F)ccc2C(=O)NCCc2c[nH]c3cccc(OC)c23)cc(OC)c1OC. The van der Waals surface area contributed by atoms with Crippen molar-refractivity contribution in [3.8, 4) is 23.0 Å². The number of fused-ring (bicyclic) bond motifs is 1. The number of rotatable bonds is 10. The predicted octanol–water partition coefficient (Wildman–Crippen LogP) is 5.06. The molecule has 0 aliphatic rings. The molecule has 0 saturated heterocycles. The fourth-order valence-corrected chi connectivity index (χ4v) is 4.12. The lowest BCUT2D eigenvalue weighted by atomic mass is 10.1. The fraction of sp³-hybridized carbons (Fsp3) is 0.222. The second kappa shape index (κ2) is 10.9. The van der Waals surface area contributed by atoms with Crippen molar-refractivity contribution in [3.05, 3.63) is 71.7 Å². The first-order valence-electron chi connectivity index (χ1n) is 11.3. The average Bonchev–Trinajstić information content (AvgIpc) is 3.31. The van der Waals surface area contributed by atoms with Crippen molar-refractivity contribution in [2.45, 2.75) is 6.42 Å². The lowest BCUT2D eigenvalue weighted by Crippen LogP contribution is -2.26. The number of H-pyrrole nitrogens is 1. The highest BCUT2D eigenvalue weighted by Crippen LogP contribution is 2.41. The molecule has 4 aromatic rings. The monoisotopic (exact) mass is 493 g/mol. The van der Waals surface area contributed by atoms with Gasteiger partial charge in [0.1, 0.15) is 11.6 Å². The van der Waals surface area contributed by atoms with Gasteiger partial charge in [-0.1, -0.05) is 6.07 Å². The van der Waals surface area contributed by atoms with E-state index in [-0.39, 0.29) is 5.91 Å². The average molecular weight is 494 g/mol. The van der Waals surface area contributed by atoms with Crippen LogP contribution in [-0.4, -0.2) is 45.9 Å². The molecule has 3 aromatic carbocycles. The van der Waals surface area contributed by atoms with Crippen LogP contribution in [0.3, 0.4) is 0 Å². The molecule has 0 spiro atoms. The Balaban J connectivity index is 1.53. The second-order valence-corrected chi connectivity index (χ2v) is 7.93. The minimum atomic E-state index is -0.479. The number of aromatic nitrogens is 1. The Labute approximate surface area is 208 Å². The lowest BCUT2D eigenvalue weighted by Gasteiger charge is -2.17. The van der Waals surface area contributed by atoms with E-state index in [1.165, 1.54) is 39.5 Å². The summed E-state index contributed by atoms with van der Waals surface area (Å²) in [6, 6.07) is 13.1. The van der Waals surface area contributed by atoms with Crippen LogP contribution in [0.25, 0.3) is 10.9 Å². The zero-order valence-electron chi connectivity index (χ0n) is 20.5. The lowest BCUT2D eigenvalue weighted by molar-refractivity contribution is 0.0955. The molecule has 188 valence electrons. The van der Waals surface area contributed by atoms with Gasteiger partial charge in [0.15, 0.2) is 11.5 Å². The molecule has 0 aliphatic heterocycles. The van der Waals surface area contributed by atoms with E-state index in [0.29, 0.717) is 47.2 Å². The van der Waals surface area contributed by atoms with Gasteiger partial charge >= 0.3 is 0 Å². The molecule has 0 bridgehead atoms. The van der Waals surface area contributed by atoms with E-state index in [4.69, 9.17) is 18.9 Å². The Kier molecular flexibility index (Phi) is 7.48. The van der Waals surface area contributed by atoms with Gasteiger partial charge in [0.05, 0.1) is 39.7 Å². The number of halogens is 1. The Morgan fingerprint density at radius 3 is 2.31 bits per heavy atom. The molecule has 0 saturated carbocycles. The summed E-state index contributed by atoms with van der Waals surface area (Å²) in [5.41, 5.74) is 3.12. The van der Waals surface area contributed by atoms with E-state index in [0.717, 1.165) is 22.2 Å². The van der Waals surface area contributed by atoms with E-state index < -0.39 is 5.82 Å². The van der Waals surface area contributed by atoms with Gasteiger partial charge in [-0.25, -0.2) is 4.39 Å². The molecule has 9 heteroatoms. The van der Waals surface area contributed by atoms with E-state index in [1.807, 2.05) is 24.4 Å². The predicted molar refractivity (Wildman–Crippen MR) is 137 cm³/mol. The van der Waals surface area contributed by atoms with Crippen LogP contribution in [0.2, 0.25) is 0 Å². The normalized spacial score (nSPS) is 10.7. The number of hydrogen-bond donors (Lipinski definition) is 3.